The number of halogens is 3. The van der Waals surface area contributed by atoms with Crippen molar-refractivity contribution in [2.45, 2.75) is 11.6 Å². The lowest BCUT2D eigenvalue weighted by Crippen LogP contribution is -2.28. The minimum Gasteiger partial charge on any atom is -0.872 e. The largest absolute Gasteiger partial charge is 0.872 e. The van der Waals surface area contributed by atoms with Crippen LogP contribution in [0, 0.1) is 0 Å². The van der Waals surface area contributed by atoms with E-state index in [0.29, 0.717) is 5.56 Å². The molecule has 1 N–H and O–H groups in total. The van der Waals surface area contributed by atoms with Gasteiger partial charge in [0.25, 0.3) is 0 Å². The Morgan fingerprint density at radius 1 is 1.19 bits per heavy atom. The van der Waals surface area contributed by atoms with Gasteiger partial charge in [-0.2, -0.15) is 13.2 Å². The monoisotopic (exact) mass is 382 g/mol. The highest BCUT2D eigenvalue weighted by Crippen LogP contribution is 2.43. The van der Waals surface area contributed by atoms with Crippen molar-refractivity contribution in [3.8, 4) is 5.75 Å². The van der Waals surface area contributed by atoms with Gasteiger partial charge in [0.1, 0.15) is 5.37 Å². The van der Waals surface area contributed by atoms with E-state index >= 15 is 0 Å². The van der Waals surface area contributed by atoms with Crippen molar-refractivity contribution in [1.29, 1.82) is 0 Å². The number of aromatic carboxylic acids is 1. The van der Waals surface area contributed by atoms with Gasteiger partial charge in [0.15, 0.2) is 0 Å². The van der Waals surface area contributed by atoms with Gasteiger partial charge < -0.3 is 10.2 Å². The molecule has 0 aromatic heterocycles. The first-order chi connectivity index (χ1) is 12.2. The van der Waals surface area contributed by atoms with Gasteiger partial charge in [-0.05, 0) is 35.9 Å². The molecular weight excluding hydrogens is 371 g/mol. The SMILES string of the molecule is O=C(O)c1ccc(N2C(=O)CS[C@@H]2c2ccc(C(F)(F)F)cc2)cc1[O-]. The summed E-state index contributed by atoms with van der Waals surface area (Å²) >= 11 is 1.21. The Hall–Kier alpha value is -2.68. The second-order valence-electron chi connectivity index (χ2n) is 5.53. The van der Waals surface area contributed by atoms with Gasteiger partial charge in [0, 0.05) is 5.69 Å². The van der Waals surface area contributed by atoms with Crippen molar-refractivity contribution in [2.24, 2.45) is 0 Å². The minimum atomic E-state index is -4.46. The van der Waals surface area contributed by atoms with Gasteiger partial charge in [-0.1, -0.05) is 17.9 Å². The molecule has 26 heavy (non-hydrogen) atoms. The van der Waals surface area contributed by atoms with Gasteiger partial charge in [-0.15, -0.1) is 11.8 Å². The van der Waals surface area contributed by atoms with E-state index in [2.05, 4.69) is 0 Å². The number of alkyl halides is 3. The van der Waals surface area contributed by atoms with Crippen molar-refractivity contribution in [3.05, 3.63) is 59.2 Å². The number of carbonyl (C=O) groups excluding carboxylic acids is 1. The number of amides is 1. The van der Waals surface area contributed by atoms with Crippen molar-refractivity contribution < 1.29 is 33.0 Å². The van der Waals surface area contributed by atoms with Gasteiger partial charge in [-0.3, -0.25) is 9.69 Å². The number of thioether (sulfide) groups is 1. The van der Waals surface area contributed by atoms with Gasteiger partial charge in [0.05, 0.1) is 16.9 Å². The third-order valence-electron chi connectivity index (χ3n) is 3.86. The maximum absolute atomic E-state index is 12.7. The summed E-state index contributed by atoms with van der Waals surface area (Å²) in [6.07, 6.45) is -4.46. The highest BCUT2D eigenvalue weighted by atomic mass is 32.2. The van der Waals surface area contributed by atoms with Crippen molar-refractivity contribution in [2.75, 3.05) is 10.7 Å². The minimum absolute atomic E-state index is 0.0978. The van der Waals surface area contributed by atoms with E-state index < -0.39 is 34.4 Å². The molecule has 0 bridgehead atoms. The molecule has 0 aliphatic carbocycles. The van der Waals surface area contributed by atoms with Crippen LogP contribution in [-0.2, 0) is 11.0 Å². The van der Waals surface area contributed by atoms with E-state index in [9.17, 15) is 27.9 Å². The predicted octanol–water partition coefficient (Wildman–Crippen LogP) is 3.26. The fourth-order valence-electron chi connectivity index (χ4n) is 2.62. The molecule has 9 heteroatoms. The van der Waals surface area contributed by atoms with Crippen molar-refractivity contribution >= 4 is 29.3 Å². The Morgan fingerprint density at radius 3 is 2.38 bits per heavy atom. The molecule has 1 atom stereocenters. The summed E-state index contributed by atoms with van der Waals surface area (Å²) < 4.78 is 38.1. The lowest BCUT2D eigenvalue weighted by atomic mass is 10.1. The van der Waals surface area contributed by atoms with Crippen LogP contribution in [0.5, 0.6) is 5.75 Å². The number of carboxylic acids is 1. The average Bonchev–Trinajstić information content (AvgIpc) is 2.95. The molecule has 2 aromatic carbocycles. The van der Waals surface area contributed by atoms with Gasteiger partial charge in [0.2, 0.25) is 5.91 Å². The predicted molar refractivity (Wildman–Crippen MR) is 87.0 cm³/mol. The Balaban J connectivity index is 1.94. The number of carboxylic acid groups (broad SMARTS) is 1. The van der Waals surface area contributed by atoms with Crippen molar-refractivity contribution in [1.82, 2.24) is 0 Å². The fourth-order valence-corrected chi connectivity index (χ4v) is 3.80. The first-order valence-electron chi connectivity index (χ1n) is 7.33. The van der Waals surface area contributed by atoms with Crippen LogP contribution in [0.1, 0.15) is 26.9 Å². The highest BCUT2D eigenvalue weighted by Gasteiger charge is 2.35. The van der Waals surface area contributed by atoms with Gasteiger partial charge in [-0.25, -0.2) is 4.79 Å². The smallest absolute Gasteiger partial charge is 0.416 e. The zero-order valence-electron chi connectivity index (χ0n) is 13.0. The normalized spacial score (nSPS) is 17.6. The van der Waals surface area contributed by atoms with E-state index in [1.165, 1.54) is 34.9 Å². The number of carbonyl (C=O) groups is 2. The second-order valence-corrected chi connectivity index (χ2v) is 6.60. The molecule has 1 saturated heterocycles. The molecule has 5 nitrogen and oxygen atoms in total. The number of rotatable bonds is 3. The number of anilines is 1. The van der Waals surface area contributed by atoms with E-state index in [1.807, 2.05) is 0 Å². The zero-order valence-corrected chi connectivity index (χ0v) is 13.8. The van der Waals surface area contributed by atoms with E-state index in [4.69, 9.17) is 5.11 Å². The molecule has 0 saturated carbocycles. The molecule has 0 unspecified atom stereocenters. The number of nitrogens with zero attached hydrogens (tertiary/aromatic N) is 1. The topological polar surface area (TPSA) is 80.7 Å². The van der Waals surface area contributed by atoms with Crippen LogP contribution in [0.2, 0.25) is 0 Å². The highest BCUT2D eigenvalue weighted by molar-refractivity contribution is 8.00. The zero-order chi connectivity index (χ0) is 19.1. The van der Waals surface area contributed by atoms with E-state index in [-0.39, 0.29) is 17.3 Å². The summed E-state index contributed by atoms with van der Waals surface area (Å²) in [7, 11) is 0. The quantitative estimate of drug-likeness (QED) is 0.881. The van der Waals surface area contributed by atoms with Crippen LogP contribution in [0.3, 0.4) is 0 Å². The van der Waals surface area contributed by atoms with Crippen LogP contribution in [-0.4, -0.2) is 22.7 Å². The number of benzene rings is 2. The van der Waals surface area contributed by atoms with Crippen LogP contribution < -0.4 is 10.0 Å². The third-order valence-corrected chi connectivity index (χ3v) is 5.08. The summed E-state index contributed by atoms with van der Waals surface area (Å²) in [4.78, 5) is 24.5. The van der Waals surface area contributed by atoms with Crippen LogP contribution in [0.25, 0.3) is 0 Å². The summed E-state index contributed by atoms with van der Waals surface area (Å²) in [5.74, 6) is -2.34. The number of hydrogen-bond donors (Lipinski definition) is 1. The summed E-state index contributed by atoms with van der Waals surface area (Å²) in [5.41, 5.74) is -0.530. The molecule has 136 valence electrons. The van der Waals surface area contributed by atoms with Gasteiger partial charge >= 0.3 is 12.1 Å². The molecule has 1 aliphatic heterocycles. The fraction of sp³-hybridized carbons (Fsp3) is 0.176. The second kappa shape index (κ2) is 6.56. The summed E-state index contributed by atoms with van der Waals surface area (Å²) in [6.45, 7) is 0. The first-order valence-corrected chi connectivity index (χ1v) is 8.38. The Labute approximate surface area is 150 Å². The lowest BCUT2D eigenvalue weighted by molar-refractivity contribution is -0.268. The molecule has 3 rings (SSSR count). The maximum atomic E-state index is 12.7. The maximum Gasteiger partial charge on any atom is 0.416 e. The molecule has 1 amide bonds. The van der Waals surface area contributed by atoms with Crippen LogP contribution in [0.15, 0.2) is 42.5 Å². The average molecular weight is 382 g/mol. The van der Waals surface area contributed by atoms with Crippen molar-refractivity contribution in [3.63, 3.8) is 0 Å². The third kappa shape index (κ3) is 3.34. The van der Waals surface area contributed by atoms with Crippen LogP contribution >= 0.6 is 11.8 Å². The molecule has 1 aliphatic rings. The van der Waals surface area contributed by atoms with E-state index in [1.54, 1.807) is 0 Å². The molecular formula is C17H11F3NO4S-. The Morgan fingerprint density at radius 2 is 1.85 bits per heavy atom. The Bertz CT molecular complexity index is 867. The summed E-state index contributed by atoms with van der Waals surface area (Å²) in [5, 5.41) is 20.2. The number of hydrogen-bond acceptors (Lipinski definition) is 4. The van der Waals surface area contributed by atoms with E-state index in [0.717, 1.165) is 24.3 Å². The standard InChI is InChI=1S/C17H12F3NO4S/c18-17(19,20)10-3-1-9(2-4-10)15-21(14(23)8-26-15)11-5-6-12(16(24)25)13(22)7-11/h1-7,15,22H,8H2,(H,24,25)/p-1/t15-/m1/s1. The van der Waals surface area contributed by atoms with Crippen LogP contribution in [0.4, 0.5) is 18.9 Å². The molecule has 2 aromatic rings. The molecule has 0 spiro atoms. The Kier molecular flexibility index (Phi) is 4.57. The summed E-state index contributed by atoms with van der Waals surface area (Å²) in [6, 6.07) is 7.94. The first kappa shape index (κ1) is 18.1. The molecule has 1 heterocycles. The lowest BCUT2D eigenvalue weighted by Gasteiger charge is -2.26. The molecule has 1 fully saturated rings. The molecule has 0 radical (unpaired) electrons.